The maximum Gasteiger partial charge on any atom is 0.262 e. The first-order valence-corrected chi connectivity index (χ1v) is 11.5. The highest BCUT2D eigenvalue weighted by Gasteiger charge is 2.36. The number of aryl methyl sites for hydroxylation is 1. The number of carbonyl (C=O) groups excluding carboxylic acids is 1. The lowest BCUT2D eigenvalue weighted by molar-refractivity contribution is -0.116. The van der Waals surface area contributed by atoms with Gasteiger partial charge in [-0.2, -0.15) is 0 Å². The van der Waals surface area contributed by atoms with Gasteiger partial charge in [0.1, 0.15) is 5.75 Å². The Hall–Kier alpha value is -2.30. The second-order valence-electron chi connectivity index (χ2n) is 6.13. The van der Waals surface area contributed by atoms with E-state index in [9.17, 15) is 21.6 Å². The Morgan fingerprint density at radius 1 is 1.18 bits per heavy atom. The Balaban J connectivity index is 1.92. The van der Waals surface area contributed by atoms with Gasteiger partial charge in [0.25, 0.3) is 10.0 Å². The molecule has 0 radical (unpaired) electrons. The average molecular weight is 445 g/mol. The van der Waals surface area contributed by atoms with Crippen molar-refractivity contribution in [3.05, 3.63) is 47.0 Å². The van der Waals surface area contributed by atoms with E-state index in [-0.39, 0.29) is 34.2 Å². The molecular formula is C17H17ClN2O6S2. The number of amides is 1. The van der Waals surface area contributed by atoms with Crippen LogP contribution in [0.2, 0.25) is 5.02 Å². The summed E-state index contributed by atoms with van der Waals surface area (Å²) in [7, 11) is -6.31. The highest BCUT2D eigenvalue weighted by atomic mass is 35.5. The van der Waals surface area contributed by atoms with Gasteiger partial charge in [-0.05, 0) is 42.8 Å². The number of rotatable bonds is 5. The minimum Gasteiger partial charge on any atom is -0.495 e. The van der Waals surface area contributed by atoms with Gasteiger partial charge in [-0.1, -0.05) is 11.6 Å². The van der Waals surface area contributed by atoms with E-state index in [0.29, 0.717) is 14.9 Å². The van der Waals surface area contributed by atoms with Crippen molar-refractivity contribution in [2.24, 2.45) is 0 Å². The number of benzene rings is 2. The number of sulfonamides is 2. The Morgan fingerprint density at radius 3 is 2.36 bits per heavy atom. The summed E-state index contributed by atoms with van der Waals surface area (Å²) in [5.74, 6) is -0.553. The van der Waals surface area contributed by atoms with Gasteiger partial charge in [0.15, 0.2) is 0 Å². The maximum atomic E-state index is 12.7. The zero-order valence-corrected chi connectivity index (χ0v) is 17.4. The number of hydrogen-bond donors (Lipinski definition) is 1. The van der Waals surface area contributed by atoms with Crippen LogP contribution in [-0.4, -0.2) is 35.6 Å². The highest BCUT2D eigenvalue weighted by molar-refractivity contribution is 7.94. The number of anilines is 2. The fraction of sp³-hybridized carbons (Fsp3) is 0.235. The minimum absolute atomic E-state index is 0.0976. The van der Waals surface area contributed by atoms with Crippen molar-refractivity contribution in [1.29, 1.82) is 0 Å². The van der Waals surface area contributed by atoms with Crippen LogP contribution < -0.4 is 13.8 Å². The van der Waals surface area contributed by atoms with Crippen molar-refractivity contribution in [3.8, 4) is 5.75 Å². The third kappa shape index (κ3) is 3.80. The molecule has 0 saturated carbocycles. The summed E-state index contributed by atoms with van der Waals surface area (Å²) in [6.07, 6.45) is -0.0976. The van der Waals surface area contributed by atoms with E-state index in [0.717, 1.165) is 0 Å². The Bertz CT molecular complexity index is 1140. The lowest BCUT2D eigenvalue weighted by atomic mass is 10.2. The van der Waals surface area contributed by atoms with Crippen molar-refractivity contribution >= 4 is 48.9 Å². The van der Waals surface area contributed by atoms with Crippen molar-refractivity contribution in [2.75, 3.05) is 21.9 Å². The number of methoxy groups -OCH3 is 1. The molecule has 0 unspecified atom stereocenters. The molecule has 0 bridgehead atoms. The molecule has 11 heteroatoms. The van der Waals surface area contributed by atoms with Gasteiger partial charge in [0.05, 0.1) is 29.1 Å². The molecule has 1 aliphatic rings. The van der Waals surface area contributed by atoms with E-state index in [1.807, 2.05) is 0 Å². The molecule has 2 aromatic carbocycles. The van der Waals surface area contributed by atoms with Gasteiger partial charge in [0.2, 0.25) is 15.9 Å². The standard InChI is InChI=1S/C17H17ClN2O6S2/c1-11-9-15(16(26-2)10-14(11)18)19-28(24,25)13-5-3-12(4-6-13)20-17(21)7-8-27(20,22)23/h3-6,9-10,19H,7-8H2,1-2H3. The third-order valence-corrected chi connectivity index (χ3v) is 7.66. The largest absolute Gasteiger partial charge is 0.495 e. The SMILES string of the molecule is COc1cc(Cl)c(C)cc1NS(=O)(=O)c1ccc(N2C(=O)CCS2(=O)=O)cc1. The molecule has 1 N–H and O–H groups in total. The monoisotopic (exact) mass is 444 g/mol. The van der Waals surface area contributed by atoms with Crippen molar-refractivity contribution < 1.29 is 26.4 Å². The predicted molar refractivity (Wildman–Crippen MR) is 106 cm³/mol. The number of ether oxygens (including phenoxy) is 1. The summed E-state index contributed by atoms with van der Waals surface area (Å²) in [6.45, 7) is 1.72. The molecule has 1 aliphatic heterocycles. The highest BCUT2D eigenvalue weighted by Crippen LogP contribution is 2.33. The number of nitrogens with zero attached hydrogens (tertiary/aromatic N) is 1. The Kier molecular flexibility index (Phi) is 5.30. The summed E-state index contributed by atoms with van der Waals surface area (Å²) < 4.78 is 57.6. The first-order chi connectivity index (χ1) is 13.0. The van der Waals surface area contributed by atoms with E-state index in [2.05, 4.69) is 4.72 Å². The number of hydrogen-bond acceptors (Lipinski definition) is 6. The number of halogens is 1. The Labute approximate surface area is 168 Å². The molecule has 1 amide bonds. The summed E-state index contributed by atoms with van der Waals surface area (Å²) in [4.78, 5) is 11.7. The van der Waals surface area contributed by atoms with E-state index >= 15 is 0 Å². The smallest absolute Gasteiger partial charge is 0.262 e. The third-order valence-electron chi connectivity index (χ3n) is 4.19. The quantitative estimate of drug-likeness (QED) is 0.758. The number of carbonyl (C=O) groups is 1. The molecule has 28 heavy (non-hydrogen) atoms. The molecular weight excluding hydrogens is 428 g/mol. The molecule has 8 nitrogen and oxygen atoms in total. The first-order valence-electron chi connectivity index (χ1n) is 8.08. The van der Waals surface area contributed by atoms with Crippen molar-refractivity contribution in [1.82, 2.24) is 0 Å². The summed E-state index contributed by atoms with van der Waals surface area (Å²) in [5, 5.41) is 0.431. The molecule has 3 rings (SSSR count). The fourth-order valence-electron chi connectivity index (χ4n) is 2.75. The summed E-state index contributed by atoms with van der Waals surface area (Å²) >= 11 is 6.03. The van der Waals surface area contributed by atoms with Crippen molar-refractivity contribution in [3.63, 3.8) is 0 Å². The second-order valence-corrected chi connectivity index (χ2v) is 10.2. The van der Waals surface area contributed by atoms with Crippen LogP contribution in [0.25, 0.3) is 0 Å². The lowest BCUT2D eigenvalue weighted by Gasteiger charge is -2.16. The molecule has 0 atom stereocenters. The van der Waals surface area contributed by atoms with Gasteiger partial charge in [-0.25, -0.2) is 21.1 Å². The zero-order chi connectivity index (χ0) is 20.7. The van der Waals surface area contributed by atoms with Crippen molar-refractivity contribution in [2.45, 2.75) is 18.2 Å². The van der Waals surface area contributed by atoms with E-state index < -0.39 is 26.0 Å². The van der Waals surface area contributed by atoms with Crippen LogP contribution in [0.3, 0.4) is 0 Å². The molecule has 0 spiro atoms. The van der Waals surface area contributed by atoms with Gasteiger partial charge in [-0.15, -0.1) is 0 Å². The molecule has 1 saturated heterocycles. The van der Waals surface area contributed by atoms with Crippen LogP contribution in [-0.2, 0) is 24.8 Å². The van der Waals surface area contributed by atoms with E-state index in [4.69, 9.17) is 16.3 Å². The zero-order valence-electron chi connectivity index (χ0n) is 15.0. The molecule has 0 aromatic heterocycles. The van der Waals surface area contributed by atoms with Gasteiger partial charge >= 0.3 is 0 Å². The van der Waals surface area contributed by atoms with Crippen LogP contribution in [0, 0.1) is 6.92 Å². The molecule has 0 aliphatic carbocycles. The average Bonchev–Trinajstić information content (AvgIpc) is 2.90. The second kappa shape index (κ2) is 7.26. The Morgan fingerprint density at radius 2 is 1.82 bits per heavy atom. The van der Waals surface area contributed by atoms with Crippen LogP contribution >= 0.6 is 11.6 Å². The van der Waals surface area contributed by atoms with Crippen LogP contribution in [0.1, 0.15) is 12.0 Å². The summed E-state index contributed by atoms with van der Waals surface area (Å²) in [5.41, 5.74) is 0.973. The molecule has 1 heterocycles. The normalized spacial score (nSPS) is 16.2. The summed E-state index contributed by atoms with van der Waals surface area (Å²) in [6, 6.07) is 8.06. The topological polar surface area (TPSA) is 110 Å². The minimum atomic E-state index is -3.98. The molecule has 150 valence electrons. The maximum absolute atomic E-state index is 12.7. The fourth-order valence-corrected chi connectivity index (χ4v) is 5.42. The van der Waals surface area contributed by atoms with Gasteiger partial charge < -0.3 is 4.74 Å². The first kappa shape index (κ1) is 20.4. The van der Waals surface area contributed by atoms with Gasteiger partial charge in [0, 0.05) is 17.5 Å². The van der Waals surface area contributed by atoms with Crippen LogP contribution in [0.4, 0.5) is 11.4 Å². The number of nitrogens with one attached hydrogen (secondary N) is 1. The van der Waals surface area contributed by atoms with E-state index in [1.165, 1.54) is 37.4 Å². The van der Waals surface area contributed by atoms with E-state index in [1.54, 1.807) is 13.0 Å². The van der Waals surface area contributed by atoms with Crippen LogP contribution in [0.5, 0.6) is 5.75 Å². The molecule has 2 aromatic rings. The van der Waals surface area contributed by atoms with Gasteiger partial charge in [-0.3, -0.25) is 9.52 Å². The lowest BCUT2D eigenvalue weighted by Crippen LogP contribution is -2.29. The van der Waals surface area contributed by atoms with Crippen LogP contribution in [0.15, 0.2) is 41.3 Å². The predicted octanol–water partition coefficient (Wildman–Crippen LogP) is 2.52. The molecule has 1 fully saturated rings.